The lowest BCUT2D eigenvalue weighted by Gasteiger charge is -2.66. The monoisotopic (exact) mass is 188 g/mol. The zero-order valence-electron chi connectivity index (χ0n) is 9.67. The highest BCUT2D eigenvalue weighted by atomic mass is 14.7. The highest BCUT2D eigenvalue weighted by Crippen LogP contribution is 2.70. The molecule has 3 fully saturated rings. The topological polar surface area (TPSA) is 0 Å². The van der Waals surface area contributed by atoms with E-state index in [0.717, 1.165) is 17.8 Å². The Bertz CT molecular complexity index is 341. The molecule has 76 valence electrons. The lowest BCUT2D eigenvalue weighted by Crippen LogP contribution is -2.60. The molecule has 4 aliphatic rings. The summed E-state index contributed by atoms with van der Waals surface area (Å²) in [5.41, 5.74) is 2.71. The molecule has 0 saturated heterocycles. The molecule has 0 heteroatoms. The van der Waals surface area contributed by atoms with Crippen LogP contribution >= 0.6 is 0 Å². The SMILES string of the molecule is CC1(C)C2=CC=CC2C2CC1C2(C)C. The quantitative estimate of drug-likeness (QED) is 0.542. The van der Waals surface area contributed by atoms with E-state index >= 15 is 0 Å². The Morgan fingerprint density at radius 2 is 1.93 bits per heavy atom. The van der Waals surface area contributed by atoms with Crippen molar-refractivity contribution < 1.29 is 0 Å². The summed E-state index contributed by atoms with van der Waals surface area (Å²) in [5, 5.41) is 0. The Kier molecular flexibility index (Phi) is 1.36. The van der Waals surface area contributed by atoms with E-state index < -0.39 is 0 Å². The molecular formula is C14H20. The van der Waals surface area contributed by atoms with Crippen LogP contribution in [0.15, 0.2) is 23.8 Å². The molecule has 0 radical (unpaired) electrons. The van der Waals surface area contributed by atoms with E-state index in [1.165, 1.54) is 6.42 Å². The van der Waals surface area contributed by atoms with Gasteiger partial charge in [-0.3, -0.25) is 0 Å². The van der Waals surface area contributed by atoms with E-state index in [1.807, 2.05) is 0 Å². The third kappa shape index (κ3) is 0.733. The maximum Gasteiger partial charge on any atom is 0.00220 e. The molecule has 0 aromatic rings. The summed E-state index contributed by atoms with van der Waals surface area (Å²) in [6.45, 7) is 9.83. The third-order valence-electron chi connectivity index (χ3n) is 5.35. The standard InChI is InChI=1S/C14H20/c1-13(2)10-7-5-6-9(10)11-8-12(13)14(11,3)4/h5-7,9,11-12H,8H2,1-4H3. The Morgan fingerprint density at radius 3 is 2.57 bits per heavy atom. The third-order valence-corrected chi connectivity index (χ3v) is 5.35. The first-order chi connectivity index (χ1) is 6.45. The molecule has 14 heavy (non-hydrogen) atoms. The summed E-state index contributed by atoms with van der Waals surface area (Å²) in [5.74, 6) is 2.60. The first-order valence-electron chi connectivity index (χ1n) is 5.84. The first-order valence-corrected chi connectivity index (χ1v) is 5.84. The van der Waals surface area contributed by atoms with E-state index in [-0.39, 0.29) is 0 Å². The van der Waals surface area contributed by atoms with Crippen molar-refractivity contribution in [1.82, 2.24) is 0 Å². The summed E-state index contributed by atoms with van der Waals surface area (Å²) >= 11 is 0. The molecule has 0 N–H and O–H groups in total. The molecule has 0 amide bonds. The molecule has 3 unspecified atom stereocenters. The average Bonchev–Trinajstić information content (AvgIpc) is 2.50. The smallest absolute Gasteiger partial charge is 0.00220 e. The fourth-order valence-electron chi connectivity index (χ4n) is 4.48. The molecule has 0 spiro atoms. The Balaban J connectivity index is 2.10. The van der Waals surface area contributed by atoms with Crippen LogP contribution in [0.4, 0.5) is 0 Å². The van der Waals surface area contributed by atoms with Gasteiger partial charge in [-0.1, -0.05) is 51.5 Å². The van der Waals surface area contributed by atoms with Crippen molar-refractivity contribution in [3.05, 3.63) is 23.8 Å². The maximum atomic E-state index is 2.47. The van der Waals surface area contributed by atoms with Gasteiger partial charge < -0.3 is 0 Å². The molecule has 0 aromatic heterocycles. The molecule has 0 aliphatic heterocycles. The lowest BCUT2D eigenvalue weighted by atomic mass is 9.38. The largest absolute Gasteiger partial charge is 0.0770 e. The highest BCUT2D eigenvalue weighted by Gasteiger charge is 2.63. The summed E-state index contributed by atoms with van der Waals surface area (Å²) in [6.07, 6.45) is 8.53. The van der Waals surface area contributed by atoms with Crippen molar-refractivity contribution in [3.63, 3.8) is 0 Å². The van der Waals surface area contributed by atoms with Crippen LogP contribution in [-0.4, -0.2) is 0 Å². The van der Waals surface area contributed by atoms with Crippen LogP contribution in [0.1, 0.15) is 34.1 Å². The second kappa shape index (κ2) is 2.18. The molecule has 3 saturated carbocycles. The molecule has 2 bridgehead atoms. The predicted molar refractivity (Wildman–Crippen MR) is 59.9 cm³/mol. The van der Waals surface area contributed by atoms with Crippen LogP contribution in [0, 0.1) is 28.6 Å². The molecule has 3 atom stereocenters. The van der Waals surface area contributed by atoms with Gasteiger partial charge in [0.15, 0.2) is 0 Å². The minimum atomic E-state index is 0.437. The Hall–Kier alpha value is -0.520. The summed E-state index contributed by atoms with van der Waals surface area (Å²) in [7, 11) is 0. The van der Waals surface area contributed by atoms with Crippen molar-refractivity contribution in [2.75, 3.05) is 0 Å². The second-order valence-corrected chi connectivity index (χ2v) is 6.47. The predicted octanol–water partition coefficient (Wildman–Crippen LogP) is 3.80. The Morgan fingerprint density at radius 1 is 1.21 bits per heavy atom. The molecule has 4 rings (SSSR count). The molecule has 0 nitrogen and oxygen atoms in total. The molecule has 0 heterocycles. The van der Waals surface area contributed by atoms with Gasteiger partial charge >= 0.3 is 0 Å². The first kappa shape index (κ1) is 8.76. The van der Waals surface area contributed by atoms with Gasteiger partial charge in [0, 0.05) is 5.92 Å². The van der Waals surface area contributed by atoms with Gasteiger partial charge in [-0.25, -0.2) is 0 Å². The van der Waals surface area contributed by atoms with Gasteiger partial charge in [0.2, 0.25) is 0 Å². The van der Waals surface area contributed by atoms with Gasteiger partial charge in [0.1, 0.15) is 0 Å². The molecule has 0 aromatic carbocycles. The van der Waals surface area contributed by atoms with Crippen LogP contribution < -0.4 is 0 Å². The van der Waals surface area contributed by atoms with Crippen LogP contribution in [0.5, 0.6) is 0 Å². The Labute approximate surface area is 87.1 Å². The van der Waals surface area contributed by atoms with E-state index in [4.69, 9.17) is 0 Å². The number of hydrogen-bond acceptors (Lipinski definition) is 0. The zero-order valence-corrected chi connectivity index (χ0v) is 9.67. The van der Waals surface area contributed by atoms with Crippen LogP contribution in [0.2, 0.25) is 0 Å². The van der Waals surface area contributed by atoms with Crippen LogP contribution in [0.25, 0.3) is 0 Å². The molecular weight excluding hydrogens is 168 g/mol. The van der Waals surface area contributed by atoms with Crippen molar-refractivity contribution in [2.24, 2.45) is 28.6 Å². The summed E-state index contributed by atoms with van der Waals surface area (Å²) < 4.78 is 0. The highest BCUT2D eigenvalue weighted by molar-refractivity contribution is 5.39. The van der Waals surface area contributed by atoms with Gasteiger partial charge in [0.05, 0.1) is 0 Å². The minimum absolute atomic E-state index is 0.437. The van der Waals surface area contributed by atoms with Gasteiger partial charge in [0.25, 0.3) is 0 Å². The summed E-state index contributed by atoms with van der Waals surface area (Å²) in [4.78, 5) is 0. The van der Waals surface area contributed by atoms with E-state index in [2.05, 4.69) is 45.9 Å². The fourth-order valence-corrected chi connectivity index (χ4v) is 4.48. The van der Waals surface area contributed by atoms with Gasteiger partial charge in [-0.05, 0) is 29.1 Å². The van der Waals surface area contributed by atoms with E-state index in [9.17, 15) is 0 Å². The van der Waals surface area contributed by atoms with E-state index in [0.29, 0.717) is 10.8 Å². The normalized spacial score (nSPS) is 45.4. The van der Waals surface area contributed by atoms with Crippen molar-refractivity contribution in [1.29, 1.82) is 0 Å². The summed E-state index contributed by atoms with van der Waals surface area (Å²) in [6, 6.07) is 0. The zero-order chi connectivity index (χ0) is 10.1. The minimum Gasteiger partial charge on any atom is -0.0770 e. The molecule has 4 aliphatic carbocycles. The lowest BCUT2D eigenvalue weighted by molar-refractivity contribution is -0.128. The van der Waals surface area contributed by atoms with Gasteiger partial charge in [-0.15, -0.1) is 0 Å². The fraction of sp³-hybridized carbons (Fsp3) is 0.714. The van der Waals surface area contributed by atoms with Crippen molar-refractivity contribution in [3.8, 4) is 0 Å². The van der Waals surface area contributed by atoms with Crippen LogP contribution in [0.3, 0.4) is 0 Å². The number of hydrogen-bond donors (Lipinski definition) is 0. The van der Waals surface area contributed by atoms with E-state index in [1.54, 1.807) is 5.57 Å². The van der Waals surface area contributed by atoms with Crippen molar-refractivity contribution in [2.45, 2.75) is 34.1 Å². The number of allylic oxidation sites excluding steroid dienone is 4. The second-order valence-electron chi connectivity index (χ2n) is 6.47. The average molecular weight is 188 g/mol. The number of rotatable bonds is 0. The van der Waals surface area contributed by atoms with Crippen molar-refractivity contribution >= 4 is 0 Å². The van der Waals surface area contributed by atoms with Crippen LogP contribution in [-0.2, 0) is 0 Å². The maximum absolute atomic E-state index is 2.47. The van der Waals surface area contributed by atoms with Gasteiger partial charge in [-0.2, -0.15) is 0 Å².